The molecule has 0 spiro atoms. The second-order valence-corrected chi connectivity index (χ2v) is 7.73. The Morgan fingerprint density at radius 1 is 1.16 bits per heavy atom. The molecule has 136 valence electrons. The Kier molecular flexibility index (Phi) is 4.37. The Morgan fingerprint density at radius 2 is 1.92 bits per heavy atom. The van der Waals surface area contributed by atoms with Crippen LogP contribution in [0.1, 0.15) is 50.3 Å². The van der Waals surface area contributed by atoms with Crippen molar-refractivity contribution in [3.63, 3.8) is 0 Å². The molecule has 0 bridgehead atoms. The number of piperidine rings is 1. The lowest BCUT2D eigenvalue weighted by Gasteiger charge is -2.41. The monoisotopic (exact) mass is 345 g/mol. The average Bonchev–Trinajstić information content (AvgIpc) is 3.31. The molecule has 0 unspecified atom stereocenters. The molecule has 2 aliphatic rings. The summed E-state index contributed by atoms with van der Waals surface area (Å²) in [6, 6.07) is 0. The fourth-order valence-corrected chi connectivity index (χ4v) is 4.33. The van der Waals surface area contributed by atoms with E-state index in [-0.39, 0.29) is 13.2 Å². The largest absolute Gasteiger partial charge is 0.396 e. The Bertz CT molecular complexity index is 749. The molecule has 1 saturated heterocycles. The van der Waals surface area contributed by atoms with Crippen molar-refractivity contribution in [2.24, 2.45) is 12.5 Å². The van der Waals surface area contributed by atoms with Crippen molar-refractivity contribution in [3.8, 4) is 0 Å². The fraction of sp³-hybridized carbons (Fsp3) is 0.722. The van der Waals surface area contributed by atoms with Crippen molar-refractivity contribution in [3.05, 3.63) is 12.0 Å². The number of anilines is 1. The molecular weight excluding hydrogens is 318 g/mol. The Morgan fingerprint density at radius 3 is 2.64 bits per heavy atom. The van der Waals surface area contributed by atoms with Crippen LogP contribution in [0.25, 0.3) is 11.0 Å². The summed E-state index contributed by atoms with van der Waals surface area (Å²) in [5.74, 6) is 2.27. The van der Waals surface area contributed by atoms with E-state index in [2.05, 4.69) is 10.00 Å². The molecule has 0 radical (unpaired) electrons. The first-order valence-corrected chi connectivity index (χ1v) is 9.32. The predicted octanol–water partition coefficient (Wildman–Crippen LogP) is 1.59. The van der Waals surface area contributed by atoms with Gasteiger partial charge in [-0.2, -0.15) is 5.10 Å². The lowest BCUT2D eigenvalue weighted by atomic mass is 9.81. The summed E-state index contributed by atoms with van der Waals surface area (Å²) in [4.78, 5) is 12.0. The summed E-state index contributed by atoms with van der Waals surface area (Å²) in [7, 11) is 1.92. The van der Waals surface area contributed by atoms with Crippen LogP contribution in [0.4, 0.5) is 5.82 Å². The number of aromatic nitrogens is 4. The summed E-state index contributed by atoms with van der Waals surface area (Å²) in [5, 5.41) is 25.0. The van der Waals surface area contributed by atoms with Crippen LogP contribution < -0.4 is 4.90 Å². The first-order chi connectivity index (χ1) is 12.2. The van der Waals surface area contributed by atoms with Crippen molar-refractivity contribution in [1.29, 1.82) is 0 Å². The smallest absolute Gasteiger partial charge is 0.163 e. The number of aliphatic hydroxyl groups is 2. The minimum absolute atomic E-state index is 0.00323. The topological polar surface area (TPSA) is 87.3 Å². The second-order valence-electron chi connectivity index (χ2n) is 7.73. The molecule has 0 atom stereocenters. The average molecular weight is 345 g/mol. The van der Waals surface area contributed by atoms with E-state index in [1.54, 1.807) is 0 Å². The van der Waals surface area contributed by atoms with Gasteiger partial charge >= 0.3 is 0 Å². The highest BCUT2D eigenvalue weighted by atomic mass is 16.3. The molecule has 1 aliphatic heterocycles. The molecular formula is C18H27N5O2. The molecule has 3 heterocycles. The third-order valence-corrected chi connectivity index (χ3v) is 5.94. The summed E-state index contributed by atoms with van der Waals surface area (Å²) in [6.07, 6.45) is 8.40. The number of aliphatic hydroxyl groups excluding tert-OH is 2. The number of fused-ring (bicyclic) bond motifs is 1. The zero-order chi connectivity index (χ0) is 17.4. The maximum atomic E-state index is 9.81. The van der Waals surface area contributed by atoms with E-state index >= 15 is 0 Å². The predicted molar refractivity (Wildman–Crippen MR) is 95.6 cm³/mol. The van der Waals surface area contributed by atoms with E-state index in [1.807, 2.05) is 17.9 Å². The first kappa shape index (κ1) is 16.7. The van der Waals surface area contributed by atoms with E-state index in [1.165, 1.54) is 12.8 Å². The Balaban J connectivity index is 1.77. The molecule has 1 aliphatic carbocycles. The minimum atomic E-state index is -0.453. The summed E-state index contributed by atoms with van der Waals surface area (Å²) < 4.78 is 1.81. The molecule has 0 amide bonds. The first-order valence-electron chi connectivity index (χ1n) is 9.32. The van der Waals surface area contributed by atoms with Gasteiger partial charge in [0.2, 0.25) is 0 Å². The van der Waals surface area contributed by atoms with Gasteiger partial charge in [0.05, 0.1) is 24.8 Å². The quantitative estimate of drug-likeness (QED) is 0.875. The van der Waals surface area contributed by atoms with Crippen LogP contribution in [-0.4, -0.2) is 56.3 Å². The molecule has 0 aromatic carbocycles. The van der Waals surface area contributed by atoms with Gasteiger partial charge in [-0.1, -0.05) is 12.8 Å². The standard InChI is InChI=1S/C18H27N5O2/c1-22-16-14(9-19-22)17(21-15(20-16)13-5-2-3-6-13)23-8-4-7-18(10-23,11-24)12-25/h9,13,24-25H,2-8,10-12H2,1H3. The Hall–Kier alpha value is -1.73. The van der Waals surface area contributed by atoms with Gasteiger partial charge in [-0.25, -0.2) is 9.97 Å². The zero-order valence-electron chi connectivity index (χ0n) is 14.9. The molecule has 7 nitrogen and oxygen atoms in total. The molecule has 2 fully saturated rings. The van der Waals surface area contributed by atoms with Crippen molar-refractivity contribution in [2.75, 3.05) is 31.2 Å². The van der Waals surface area contributed by atoms with Gasteiger partial charge in [-0.05, 0) is 25.7 Å². The van der Waals surface area contributed by atoms with Crippen molar-refractivity contribution < 1.29 is 10.2 Å². The SMILES string of the molecule is Cn1ncc2c(N3CCCC(CO)(CO)C3)nc(C3CCCC3)nc21. The van der Waals surface area contributed by atoms with E-state index < -0.39 is 5.41 Å². The van der Waals surface area contributed by atoms with Gasteiger partial charge in [0.1, 0.15) is 11.6 Å². The molecule has 7 heteroatoms. The molecule has 1 saturated carbocycles. The van der Waals surface area contributed by atoms with E-state index in [0.29, 0.717) is 12.5 Å². The van der Waals surface area contributed by atoms with Crippen LogP contribution in [0.5, 0.6) is 0 Å². The molecule has 25 heavy (non-hydrogen) atoms. The van der Waals surface area contributed by atoms with Gasteiger partial charge in [0.25, 0.3) is 0 Å². The molecule has 4 rings (SSSR count). The maximum absolute atomic E-state index is 9.81. The van der Waals surface area contributed by atoms with Crippen molar-refractivity contribution in [2.45, 2.75) is 44.4 Å². The lowest BCUT2D eigenvalue weighted by molar-refractivity contribution is 0.0420. The second kappa shape index (κ2) is 6.53. The van der Waals surface area contributed by atoms with E-state index in [0.717, 1.165) is 54.9 Å². The molecule has 2 N–H and O–H groups in total. The third-order valence-electron chi connectivity index (χ3n) is 5.94. The number of aryl methyl sites for hydroxylation is 1. The fourth-order valence-electron chi connectivity index (χ4n) is 4.33. The summed E-state index contributed by atoms with van der Waals surface area (Å²) in [6.45, 7) is 1.49. The van der Waals surface area contributed by atoms with Crippen LogP contribution in [0.3, 0.4) is 0 Å². The van der Waals surface area contributed by atoms with Gasteiger partial charge < -0.3 is 15.1 Å². The van der Waals surface area contributed by atoms with Crippen LogP contribution in [0.15, 0.2) is 6.20 Å². The molecule has 2 aromatic heterocycles. The maximum Gasteiger partial charge on any atom is 0.163 e. The summed E-state index contributed by atoms with van der Waals surface area (Å²) in [5.41, 5.74) is 0.418. The lowest BCUT2D eigenvalue weighted by Crippen LogP contribution is -2.48. The van der Waals surface area contributed by atoms with Crippen molar-refractivity contribution in [1.82, 2.24) is 19.7 Å². The van der Waals surface area contributed by atoms with Crippen LogP contribution in [0, 0.1) is 5.41 Å². The minimum Gasteiger partial charge on any atom is -0.396 e. The molecule has 2 aromatic rings. The van der Waals surface area contributed by atoms with Crippen LogP contribution >= 0.6 is 0 Å². The van der Waals surface area contributed by atoms with Crippen LogP contribution in [-0.2, 0) is 7.05 Å². The van der Waals surface area contributed by atoms with Gasteiger partial charge in [0.15, 0.2) is 5.65 Å². The number of rotatable bonds is 4. The number of nitrogens with zero attached hydrogens (tertiary/aromatic N) is 5. The highest BCUT2D eigenvalue weighted by Crippen LogP contribution is 2.37. The third kappa shape index (κ3) is 2.89. The number of hydrogen-bond donors (Lipinski definition) is 2. The highest BCUT2D eigenvalue weighted by Gasteiger charge is 2.36. The Labute approximate surface area is 147 Å². The van der Waals surface area contributed by atoms with Gasteiger partial charge in [-0.3, -0.25) is 4.68 Å². The van der Waals surface area contributed by atoms with E-state index in [9.17, 15) is 10.2 Å². The zero-order valence-corrected chi connectivity index (χ0v) is 14.9. The number of hydrogen-bond acceptors (Lipinski definition) is 6. The van der Waals surface area contributed by atoms with Gasteiger partial charge in [0, 0.05) is 31.5 Å². The summed E-state index contributed by atoms with van der Waals surface area (Å²) >= 11 is 0. The van der Waals surface area contributed by atoms with Crippen molar-refractivity contribution >= 4 is 16.9 Å². The normalized spacial score (nSPS) is 21.3. The van der Waals surface area contributed by atoms with Gasteiger partial charge in [-0.15, -0.1) is 0 Å². The van der Waals surface area contributed by atoms with E-state index in [4.69, 9.17) is 9.97 Å². The highest BCUT2D eigenvalue weighted by molar-refractivity contribution is 5.87. The van der Waals surface area contributed by atoms with Crippen LogP contribution in [0.2, 0.25) is 0 Å².